The van der Waals surface area contributed by atoms with Gasteiger partial charge in [-0.1, -0.05) is 31.4 Å². The molecule has 1 aliphatic carbocycles. The summed E-state index contributed by atoms with van der Waals surface area (Å²) in [6.07, 6.45) is 7.88. The monoisotopic (exact) mass is 344 g/mol. The van der Waals surface area contributed by atoms with Gasteiger partial charge in [0.1, 0.15) is 5.75 Å². The van der Waals surface area contributed by atoms with E-state index in [-0.39, 0.29) is 11.7 Å². The third-order valence-corrected chi connectivity index (χ3v) is 5.89. The first-order valence-corrected chi connectivity index (χ1v) is 9.86. The molecule has 1 saturated heterocycles. The molecule has 1 saturated carbocycles. The highest BCUT2D eigenvalue weighted by molar-refractivity contribution is 5.96. The zero-order chi connectivity index (χ0) is 17.8. The number of aryl methyl sites for hydroxylation is 1. The fraction of sp³-hybridized carbons (Fsp3) is 0.667. The Bertz CT molecular complexity index is 602. The molecule has 1 heterocycles. The lowest BCUT2D eigenvalue weighted by Crippen LogP contribution is -2.50. The molecule has 1 aliphatic heterocycles. The number of aromatic hydroxyl groups is 1. The minimum atomic E-state index is -0.177. The molecule has 2 N–H and O–H groups in total. The van der Waals surface area contributed by atoms with Gasteiger partial charge in [-0.2, -0.15) is 0 Å². The van der Waals surface area contributed by atoms with Crippen molar-refractivity contribution in [1.82, 2.24) is 10.2 Å². The summed E-state index contributed by atoms with van der Waals surface area (Å²) >= 11 is 0. The third kappa shape index (κ3) is 4.55. The maximum atomic E-state index is 12.3. The number of phenols is 1. The molecule has 3 rings (SSSR count). The number of fused-ring (bicyclic) bond motifs is 1. The van der Waals surface area contributed by atoms with E-state index in [1.807, 2.05) is 13.0 Å². The minimum absolute atomic E-state index is 0.0537. The summed E-state index contributed by atoms with van der Waals surface area (Å²) in [5.41, 5.74) is 1.35. The predicted octanol–water partition coefficient (Wildman–Crippen LogP) is 3.72. The second-order valence-corrected chi connectivity index (χ2v) is 8.08. The summed E-state index contributed by atoms with van der Waals surface area (Å²) in [6, 6.07) is 5.90. The van der Waals surface area contributed by atoms with Gasteiger partial charge in [-0.15, -0.1) is 0 Å². The molecule has 2 fully saturated rings. The number of rotatable bonds is 5. The predicted molar refractivity (Wildman–Crippen MR) is 101 cm³/mol. The van der Waals surface area contributed by atoms with E-state index in [0.29, 0.717) is 12.1 Å². The molecule has 1 unspecified atom stereocenters. The smallest absolute Gasteiger partial charge is 0.255 e. The quantitative estimate of drug-likeness (QED) is 0.801. The highest BCUT2D eigenvalue weighted by Gasteiger charge is 2.35. The van der Waals surface area contributed by atoms with Crippen molar-refractivity contribution < 1.29 is 9.90 Å². The first kappa shape index (κ1) is 18.2. The van der Waals surface area contributed by atoms with Crippen LogP contribution < -0.4 is 5.32 Å². The fourth-order valence-corrected chi connectivity index (χ4v) is 4.74. The molecule has 0 bridgehead atoms. The second-order valence-electron chi connectivity index (χ2n) is 8.08. The molecular formula is C21H32N2O2. The number of piperidine rings is 1. The summed E-state index contributed by atoms with van der Waals surface area (Å²) in [5, 5.41) is 12.8. The summed E-state index contributed by atoms with van der Waals surface area (Å²) in [4.78, 5) is 14.9. The van der Waals surface area contributed by atoms with Crippen LogP contribution in [0.3, 0.4) is 0 Å². The summed E-state index contributed by atoms with van der Waals surface area (Å²) < 4.78 is 0. The number of phenolic OH excluding ortho intramolecular Hbond substituents is 1. The normalized spacial score (nSPS) is 26.9. The Morgan fingerprint density at radius 3 is 2.96 bits per heavy atom. The average Bonchev–Trinajstić information content (AvgIpc) is 2.60. The highest BCUT2D eigenvalue weighted by Crippen LogP contribution is 2.37. The van der Waals surface area contributed by atoms with Crippen LogP contribution in [-0.4, -0.2) is 41.6 Å². The Morgan fingerprint density at radius 1 is 1.32 bits per heavy atom. The van der Waals surface area contributed by atoms with Crippen LogP contribution in [-0.2, 0) is 0 Å². The van der Waals surface area contributed by atoms with Crippen LogP contribution in [0.5, 0.6) is 5.75 Å². The Kier molecular flexibility index (Phi) is 6.00. The molecule has 4 heteroatoms. The van der Waals surface area contributed by atoms with E-state index in [9.17, 15) is 9.90 Å². The summed E-state index contributed by atoms with van der Waals surface area (Å²) in [7, 11) is 0. The lowest BCUT2D eigenvalue weighted by Gasteiger charge is -2.46. The van der Waals surface area contributed by atoms with Gasteiger partial charge in [0.15, 0.2) is 0 Å². The van der Waals surface area contributed by atoms with Gasteiger partial charge in [0.05, 0.1) is 5.56 Å². The Morgan fingerprint density at radius 2 is 2.12 bits per heavy atom. The lowest BCUT2D eigenvalue weighted by atomic mass is 9.75. The van der Waals surface area contributed by atoms with Crippen LogP contribution >= 0.6 is 0 Å². The van der Waals surface area contributed by atoms with Crippen LogP contribution in [0.4, 0.5) is 0 Å². The van der Waals surface area contributed by atoms with Gasteiger partial charge in [-0.05, 0) is 56.6 Å². The van der Waals surface area contributed by atoms with Gasteiger partial charge in [0.2, 0.25) is 0 Å². The number of likely N-dealkylation sites (tertiary alicyclic amines) is 1. The highest BCUT2D eigenvalue weighted by atomic mass is 16.3. The number of hydrogen-bond donors (Lipinski definition) is 2. The van der Waals surface area contributed by atoms with Crippen LogP contribution in [0.25, 0.3) is 0 Å². The van der Waals surface area contributed by atoms with E-state index >= 15 is 0 Å². The molecule has 138 valence electrons. The van der Waals surface area contributed by atoms with Crippen molar-refractivity contribution in [3.05, 3.63) is 29.3 Å². The van der Waals surface area contributed by atoms with E-state index < -0.39 is 0 Å². The van der Waals surface area contributed by atoms with Crippen LogP contribution in [0, 0.1) is 18.8 Å². The third-order valence-electron chi connectivity index (χ3n) is 5.89. The number of amides is 1. The van der Waals surface area contributed by atoms with Crippen LogP contribution in [0.1, 0.15) is 61.4 Å². The maximum absolute atomic E-state index is 12.3. The van der Waals surface area contributed by atoms with Gasteiger partial charge in [0.25, 0.3) is 5.91 Å². The van der Waals surface area contributed by atoms with Crippen LogP contribution in [0.15, 0.2) is 18.2 Å². The molecule has 25 heavy (non-hydrogen) atoms. The van der Waals surface area contributed by atoms with E-state index in [4.69, 9.17) is 0 Å². The van der Waals surface area contributed by atoms with E-state index in [0.717, 1.165) is 36.4 Å². The van der Waals surface area contributed by atoms with Crippen molar-refractivity contribution in [1.29, 1.82) is 0 Å². The number of carbonyl (C=O) groups is 1. The average molecular weight is 344 g/mol. The molecule has 4 nitrogen and oxygen atoms in total. The van der Waals surface area contributed by atoms with Crippen molar-refractivity contribution in [2.75, 3.05) is 19.6 Å². The Hall–Kier alpha value is -1.55. The number of hydrogen-bond acceptors (Lipinski definition) is 3. The fourth-order valence-electron chi connectivity index (χ4n) is 4.74. The molecule has 2 aliphatic rings. The van der Waals surface area contributed by atoms with Gasteiger partial charge >= 0.3 is 0 Å². The molecule has 3 atom stereocenters. The second kappa shape index (κ2) is 8.22. The molecule has 1 aromatic carbocycles. The molecule has 1 aromatic rings. The summed E-state index contributed by atoms with van der Waals surface area (Å²) in [5.74, 6) is 1.55. The van der Waals surface area contributed by atoms with Gasteiger partial charge in [0, 0.05) is 25.7 Å². The van der Waals surface area contributed by atoms with E-state index in [1.54, 1.807) is 12.1 Å². The SMILES string of the molecule is Cc1ccc(O)c(C(=O)NCCCN2CC(C)C[C@@H]3CCCC[C@@H]32)c1. The Labute approximate surface area is 151 Å². The van der Waals surface area contributed by atoms with E-state index in [1.165, 1.54) is 38.6 Å². The zero-order valence-electron chi connectivity index (χ0n) is 15.6. The van der Waals surface area contributed by atoms with Crippen molar-refractivity contribution in [2.24, 2.45) is 11.8 Å². The lowest BCUT2D eigenvalue weighted by molar-refractivity contribution is 0.0329. The minimum Gasteiger partial charge on any atom is -0.507 e. The molecule has 0 spiro atoms. The molecule has 1 amide bonds. The number of carbonyl (C=O) groups excluding carboxylic acids is 1. The van der Waals surface area contributed by atoms with Crippen molar-refractivity contribution in [2.45, 2.75) is 58.4 Å². The van der Waals surface area contributed by atoms with Crippen molar-refractivity contribution in [3.63, 3.8) is 0 Å². The van der Waals surface area contributed by atoms with E-state index in [2.05, 4.69) is 17.1 Å². The number of nitrogens with zero attached hydrogens (tertiary/aromatic N) is 1. The topological polar surface area (TPSA) is 52.6 Å². The number of benzene rings is 1. The van der Waals surface area contributed by atoms with Gasteiger partial charge < -0.3 is 10.4 Å². The molecular weight excluding hydrogens is 312 g/mol. The van der Waals surface area contributed by atoms with Gasteiger partial charge in [-0.3, -0.25) is 9.69 Å². The maximum Gasteiger partial charge on any atom is 0.255 e. The first-order valence-electron chi connectivity index (χ1n) is 9.86. The zero-order valence-corrected chi connectivity index (χ0v) is 15.6. The first-order chi connectivity index (χ1) is 12.0. The van der Waals surface area contributed by atoms with Crippen molar-refractivity contribution >= 4 is 5.91 Å². The standard InChI is InChI=1S/C21H32N2O2/c1-15-8-9-20(24)18(13-15)21(25)22-10-5-11-23-14-16(2)12-17-6-3-4-7-19(17)23/h8-9,13,16-17,19,24H,3-7,10-12,14H2,1-2H3,(H,22,25)/t16?,17-,19-/m0/s1. The molecule has 0 radical (unpaired) electrons. The largest absolute Gasteiger partial charge is 0.507 e. The van der Waals surface area contributed by atoms with Gasteiger partial charge in [-0.25, -0.2) is 0 Å². The van der Waals surface area contributed by atoms with Crippen molar-refractivity contribution in [3.8, 4) is 5.75 Å². The number of nitrogens with one attached hydrogen (secondary N) is 1. The van der Waals surface area contributed by atoms with Crippen LogP contribution in [0.2, 0.25) is 0 Å². The Balaban J connectivity index is 1.47. The molecule has 0 aromatic heterocycles. The summed E-state index contributed by atoms with van der Waals surface area (Å²) in [6.45, 7) is 7.22.